The molecule has 1 unspecified atom stereocenters. The van der Waals surface area contributed by atoms with Crippen molar-refractivity contribution < 1.29 is 8.78 Å². The topological polar surface area (TPSA) is 38.9 Å². The van der Waals surface area contributed by atoms with Gasteiger partial charge in [-0.05, 0) is 23.6 Å². The predicted octanol–water partition coefficient (Wildman–Crippen LogP) is 4.13. The number of rotatable bonds is 2. The number of nitrogens with zero attached hydrogens (tertiary/aromatic N) is 1. The van der Waals surface area contributed by atoms with Crippen molar-refractivity contribution in [3.63, 3.8) is 0 Å². The number of benzene rings is 1. The number of aromatic nitrogens is 1. The Hall–Kier alpha value is -1.33. The molecule has 0 aliphatic heterocycles. The molecule has 1 heterocycles. The largest absolute Gasteiger partial charge is 0.322 e. The number of thiazole rings is 1. The number of hydrogen-bond acceptors (Lipinski definition) is 3. The van der Waals surface area contributed by atoms with Gasteiger partial charge in [0.15, 0.2) is 0 Å². The summed E-state index contributed by atoms with van der Waals surface area (Å²) in [5, 5.41) is 2.44. The summed E-state index contributed by atoms with van der Waals surface area (Å²) >= 11 is 1.37. The third-order valence-electron chi connectivity index (χ3n) is 2.93. The van der Waals surface area contributed by atoms with Crippen LogP contribution in [0.4, 0.5) is 8.78 Å². The first-order chi connectivity index (χ1) is 8.79. The number of nitrogens with two attached hydrogens (primary N) is 1. The summed E-state index contributed by atoms with van der Waals surface area (Å²) in [6.07, 6.45) is 0. The zero-order chi connectivity index (χ0) is 14.2. The Morgan fingerprint density at radius 3 is 2.58 bits per heavy atom. The van der Waals surface area contributed by atoms with Gasteiger partial charge in [0, 0.05) is 10.9 Å². The average molecular weight is 282 g/mol. The van der Waals surface area contributed by atoms with Gasteiger partial charge in [0.2, 0.25) is 0 Å². The van der Waals surface area contributed by atoms with Crippen LogP contribution >= 0.6 is 11.3 Å². The molecule has 0 aliphatic rings. The van der Waals surface area contributed by atoms with E-state index >= 15 is 0 Å². The Kier molecular flexibility index (Phi) is 3.69. The van der Waals surface area contributed by atoms with Crippen molar-refractivity contribution in [1.82, 2.24) is 4.98 Å². The van der Waals surface area contributed by atoms with Gasteiger partial charge in [0.05, 0.1) is 11.7 Å². The van der Waals surface area contributed by atoms with Crippen molar-refractivity contribution in [3.05, 3.63) is 40.2 Å². The van der Waals surface area contributed by atoms with Crippen LogP contribution in [0.3, 0.4) is 0 Å². The van der Waals surface area contributed by atoms with Crippen LogP contribution in [0.25, 0.3) is 11.3 Å². The lowest BCUT2D eigenvalue weighted by molar-refractivity contribution is 0.326. The van der Waals surface area contributed by atoms with Gasteiger partial charge in [-0.3, -0.25) is 0 Å². The Labute approximate surface area is 115 Å². The van der Waals surface area contributed by atoms with Crippen LogP contribution < -0.4 is 5.73 Å². The van der Waals surface area contributed by atoms with E-state index in [1.165, 1.54) is 11.3 Å². The van der Waals surface area contributed by atoms with Crippen LogP contribution in [0.15, 0.2) is 23.6 Å². The molecule has 102 valence electrons. The molecule has 0 saturated heterocycles. The second-order valence-corrected chi connectivity index (χ2v) is 6.43. The molecule has 0 bridgehead atoms. The summed E-state index contributed by atoms with van der Waals surface area (Å²) in [6, 6.07) is 3.11. The molecule has 0 fully saturated rings. The Bertz CT molecular complexity index is 587. The first-order valence-corrected chi connectivity index (χ1v) is 6.83. The van der Waals surface area contributed by atoms with Gasteiger partial charge < -0.3 is 5.73 Å². The van der Waals surface area contributed by atoms with Gasteiger partial charge in [-0.25, -0.2) is 13.8 Å². The van der Waals surface area contributed by atoms with Gasteiger partial charge in [0.1, 0.15) is 16.6 Å². The highest BCUT2D eigenvalue weighted by molar-refractivity contribution is 7.10. The quantitative estimate of drug-likeness (QED) is 0.899. The van der Waals surface area contributed by atoms with Crippen LogP contribution in [-0.2, 0) is 0 Å². The lowest BCUT2D eigenvalue weighted by Gasteiger charge is -2.24. The molecule has 1 aromatic carbocycles. The van der Waals surface area contributed by atoms with Crippen molar-refractivity contribution in [1.29, 1.82) is 0 Å². The molecule has 0 saturated carbocycles. The summed E-state index contributed by atoms with van der Waals surface area (Å²) in [4.78, 5) is 4.34. The van der Waals surface area contributed by atoms with E-state index in [1.807, 2.05) is 20.8 Å². The summed E-state index contributed by atoms with van der Waals surface area (Å²) < 4.78 is 26.8. The second kappa shape index (κ2) is 4.98. The van der Waals surface area contributed by atoms with Gasteiger partial charge in [0.25, 0.3) is 0 Å². The monoisotopic (exact) mass is 282 g/mol. The van der Waals surface area contributed by atoms with Crippen molar-refractivity contribution in [2.24, 2.45) is 11.1 Å². The second-order valence-electron chi connectivity index (χ2n) is 5.54. The van der Waals surface area contributed by atoms with Gasteiger partial charge in [-0.1, -0.05) is 20.8 Å². The summed E-state index contributed by atoms with van der Waals surface area (Å²) in [6.45, 7) is 6.05. The van der Waals surface area contributed by atoms with E-state index in [0.717, 1.165) is 23.2 Å². The minimum Gasteiger partial charge on any atom is -0.322 e. The highest BCUT2D eigenvalue weighted by Crippen LogP contribution is 2.34. The zero-order valence-corrected chi connectivity index (χ0v) is 11.9. The van der Waals surface area contributed by atoms with E-state index in [1.54, 1.807) is 5.38 Å². The molecule has 2 N–H and O–H groups in total. The van der Waals surface area contributed by atoms with Crippen molar-refractivity contribution in [3.8, 4) is 11.3 Å². The molecule has 2 aromatic rings. The molecule has 0 amide bonds. The van der Waals surface area contributed by atoms with E-state index < -0.39 is 11.6 Å². The molecular weight excluding hydrogens is 266 g/mol. The molecule has 1 aromatic heterocycles. The fraction of sp³-hybridized carbons (Fsp3) is 0.357. The number of halogens is 2. The maximum absolute atomic E-state index is 13.7. The SMILES string of the molecule is CC(C)(C)C(N)c1nc(-c2cc(F)ccc2F)cs1. The van der Waals surface area contributed by atoms with Gasteiger partial charge in [-0.2, -0.15) is 0 Å². The van der Waals surface area contributed by atoms with Gasteiger partial charge >= 0.3 is 0 Å². The zero-order valence-electron chi connectivity index (χ0n) is 11.1. The molecule has 0 spiro atoms. The molecular formula is C14H16F2N2S. The van der Waals surface area contributed by atoms with Crippen molar-refractivity contribution in [2.45, 2.75) is 26.8 Å². The lowest BCUT2D eigenvalue weighted by atomic mass is 9.88. The molecule has 0 aliphatic carbocycles. The number of hydrogen-bond donors (Lipinski definition) is 1. The Morgan fingerprint density at radius 2 is 1.95 bits per heavy atom. The minimum absolute atomic E-state index is 0.129. The first-order valence-electron chi connectivity index (χ1n) is 5.95. The molecule has 5 heteroatoms. The van der Waals surface area contributed by atoms with Crippen LogP contribution in [0.5, 0.6) is 0 Å². The molecule has 0 radical (unpaired) electrons. The third-order valence-corrected chi connectivity index (χ3v) is 3.85. The Balaban J connectivity index is 2.39. The molecule has 1 atom stereocenters. The maximum atomic E-state index is 13.7. The van der Waals surface area contributed by atoms with Crippen LogP contribution in [-0.4, -0.2) is 4.98 Å². The molecule has 2 rings (SSSR count). The first kappa shape index (κ1) is 14.1. The smallest absolute Gasteiger partial charge is 0.132 e. The summed E-state index contributed by atoms with van der Waals surface area (Å²) in [7, 11) is 0. The Morgan fingerprint density at radius 1 is 1.26 bits per heavy atom. The van der Waals surface area contributed by atoms with E-state index in [-0.39, 0.29) is 17.0 Å². The minimum atomic E-state index is -0.484. The van der Waals surface area contributed by atoms with E-state index in [4.69, 9.17) is 5.73 Å². The maximum Gasteiger partial charge on any atom is 0.132 e. The van der Waals surface area contributed by atoms with Crippen molar-refractivity contribution in [2.75, 3.05) is 0 Å². The highest BCUT2D eigenvalue weighted by Gasteiger charge is 2.25. The average Bonchev–Trinajstić information content (AvgIpc) is 2.79. The third kappa shape index (κ3) is 2.98. The fourth-order valence-electron chi connectivity index (χ4n) is 1.62. The molecule has 19 heavy (non-hydrogen) atoms. The predicted molar refractivity (Wildman–Crippen MR) is 73.8 cm³/mol. The van der Waals surface area contributed by atoms with E-state index in [2.05, 4.69) is 4.98 Å². The molecule has 2 nitrogen and oxygen atoms in total. The standard InChI is InChI=1S/C14H16F2N2S/c1-14(2,3)12(17)13-18-11(7-19-13)9-6-8(15)4-5-10(9)16/h4-7,12H,17H2,1-3H3. The summed E-state index contributed by atoms with van der Waals surface area (Å²) in [5.74, 6) is -0.964. The van der Waals surface area contributed by atoms with Crippen LogP contribution in [0.2, 0.25) is 0 Å². The summed E-state index contributed by atoms with van der Waals surface area (Å²) in [5.41, 5.74) is 6.58. The highest BCUT2D eigenvalue weighted by atomic mass is 32.1. The van der Waals surface area contributed by atoms with Gasteiger partial charge in [-0.15, -0.1) is 11.3 Å². The van der Waals surface area contributed by atoms with E-state index in [9.17, 15) is 8.78 Å². The fourth-order valence-corrected chi connectivity index (χ4v) is 2.68. The normalized spacial score (nSPS) is 13.6. The lowest BCUT2D eigenvalue weighted by Crippen LogP contribution is -2.26. The van der Waals surface area contributed by atoms with Crippen LogP contribution in [0, 0.1) is 17.0 Å². The van der Waals surface area contributed by atoms with Crippen LogP contribution in [0.1, 0.15) is 31.8 Å². The van der Waals surface area contributed by atoms with E-state index in [0.29, 0.717) is 5.69 Å². The van der Waals surface area contributed by atoms with Crippen molar-refractivity contribution >= 4 is 11.3 Å².